The number of anilines is 1. The van der Waals surface area contributed by atoms with E-state index in [1.165, 1.54) is 24.3 Å². The van der Waals surface area contributed by atoms with Crippen LogP contribution in [0.15, 0.2) is 90.1 Å². The Kier molecular flexibility index (Phi) is 5.67. The van der Waals surface area contributed by atoms with Crippen LogP contribution in [0.5, 0.6) is 0 Å². The van der Waals surface area contributed by atoms with Crippen molar-refractivity contribution in [3.8, 4) is 11.1 Å². The molecule has 1 heterocycles. The SMILES string of the molecule is CC1=C(C(=O)Nc2ccc([N+](=O)[O-])cc2)[C@@H](c2ccc(-c3ccccc3)cc2)NC(=O)N1. The second kappa shape index (κ2) is 8.73. The number of hydrogen-bond donors (Lipinski definition) is 3. The summed E-state index contributed by atoms with van der Waals surface area (Å²) in [6.07, 6.45) is 0. The van der Waals surface area contributed by atoms with E-state index in [-0.39, 0.29) is 5.69 Å². The number of allylic oxidation sites excluding steroid dienone is 1. The third-order valence-corrected chi connectivity index (χ3v) is 5.20. The number of rotatable bonds is 5. The molecule has 3 N–H and O–H groups in total. The van der Waals surface area contributed by atoms with Crippen LogP contribution in [-0.2, 0) is 4.79 Å². The molecule has 0 saturated carbocycles. The molecule has 0 aliphatic carbocycles. The molecule has 160 valence electrons. The lowest BCUT2D eigenvalue weighted by Gasteiger charge is -2.28. The molecule has 3 amide bonds. The molecule has 0 spiro atoms. The molecule has 0 saturated heterocycles. The highest BCUT2D eigenvalue weighted by atomic mass is 16.6. The van der Waals surface area contributed by atoms with Crippen LogP contribution in [0.1, 0.15) is 18.5 Å². The fourth-order valence-corrected chi connectivity index (χ4v) is 3.61. The van der Waals surface area contributed by atoms with E-state index in [9.17, 15) is 19.7 Å². The van der Waals surface area contributed by atoms with Gasteiger partial charge in [0.25, 0.3) is 11.6 Å². The molecule has 1 aliphatic rings. The molecule has 1 aliphatic heterocycles. The van der Waals surface area contributed by atoms with Crippen LogP contribution in [0.2, 0.25) is 0 Å². The Bertz CT molecular complexity index is 1200. The Labute approximate surface area is 184 Å². The van der Waals surface area contributed by atoms with Crippen molar-refractivity contribution in [2.24, 2.45) is 0 Å². The lowest BCUT2D eigenvalue weighted by Crippen LogP contribution is -2.45. The minimum atomic E-state index is -0.647. The number of carbonyl (C=O) groups excluding carboxylic acids is 2. The van der Waals surface area contributed by atoms with Crippen LogP contribution >= 0.6 is 0 Å². The minimum Gasteiger partial charge on any atom is -0.327 e. The number of nitrogens with one attached hydrogen (secondary N) is 3. The van der Waals surface area contributed by atoms with Crippen LogP contribution in [0.3, 0.4) is 0 Å². The summed E-state index contributed by atoms with van der Waals surface area (Å²) in [5.41, 5.74) is 3.98. The fraction of sp³-hybridized carbons (Fsp3) is 0.0833. The number of hydrogen-bond acceptors (Lipinski definition) is 4. The third-order valence-electron chi connectivity index (χ3n) is 5.20. The van der Waals surface area contributed by atoms with Gasteiger partial charge in [0.15, 0.2) is 0 Å². The first-order valence-electron chi connectivity index (χ1n) is 9.92. The van der Waals surface area contributed by atoms with E-state index in [0.29, 0.717) is 17.0 Å². The van der Waals surface area contributed by atoms with Gasteiger partial charge in [0, 0.05) is 23.5 Å². The summed E-state index contributed by atoms with van der Waals surface area (Å²) in [7, 11) is 0. The molecule has 0 aromatic heterocycles. The predicted molar refractivity (Wildman–Crippen MR) is 121 cm³/mol. The second-order valence-corrected chi connectivity index (χ2v) is 7.32. The maximum absolute atomic E-state index is 13.1. The molecular formula is C24H20N4O4. The maximum Gasteiger partial charge on any atom is 0.319 e. The van der Waals surface area contributed by atoms with Gasteiger partial charge < -0.3 is 16.0 Å². The van der Waals surface area contributed by atoms with Crippen molar-refractivity contribution in [2.75, 3.05) is 5.32 Å². The van der Waals surface area contributed by atoms with Crippen LogP contribution in [0.25, 0.3) is 11.1 Å². The Morgan fingerprint density at radius 1 is 0.938 bits per heavy atom. The number of nitrogens with zero attached hydrogens (tertiary/aromatic N) is 1. The Hall–Kier alpha value is -4.46. The molecule has 1 atom stereocenters. The maximum atomic E-state index is 13.1. The van der Waals surface area contributed by atoms with E-state index in [1.54, 1.807) is 6.92 Å². The molecular weight excluding hydrogens is 408 g/mol. The lowest BCUT2D eigenvalue weighted by atomic mass is 9.93. The molecule has 3 aromatic carbocycles. The summed E-state index contributed by atoms with van der Waals surface area (Å²) in [5, 5.41) is 19.0. The number of urea groups is 1. The molecule has 0 radical (unpaired) electrons. The average Bonchev–Trinajstić information content (AvgIpc) is 2.79. The Morgan fingerprint density at radius 2 is 1.56 bits per heavy atom. The van der Waals surface area contributed by atoms with Gasteiger partial charge in [-0.3, -0.25) is 14.9 Å². The van der Waals surface area contributed by atoms with Crippen molar-refractivity contribution in [2.45, 2.75) is 13.0 Å². The van der Waals surface area contributed by atoms with Crippen LogP contribution in [-0.4, -0.2) is 16.9 Å². The lowest BCUT2D eigenvalue weighted by molar-refractivity contribution is -0.384. The number of nitro groups is 1. The average molecular weight is 428 g/mol. The van der Waals surface area contributed by atoms with Gasteiger partial charge in [0.05, 0.1) is 16.5 Å². The number of benzene rings is 3. The van der Waals surface area contributed by atoms with Gasteiger partial charge in [0.1, 0.15) is 0 Å². The highest BCUT2D eigenvalue weighted by molar-refractivity contribution is 6.06. The zero-order chi connectivity index (χ0) is 22.7. The third kappa shape index (κ3) is 4.34. The number of carbonyl (C=O) groups is 2. The van der Waals surface area contributed by atoms with E-state index in [4.69, 9.17) is 0 Å². The van der Waals surface area contributed by atoms with E-state index >= 15 is 0 Å². The smallest absolute Gasteiger partial charge is 0.319 e. The molecule has 8 heteroatoms. The zero-order valence-electron chi connectivity index (χ0n) is 17.2. The summed E-state index contributed by atoms with van der Waals surface area (Å²) >= 11 is 0. The standard InChI is InChI=1S/C24H20N4O4/c1-15-21(23(29)26-19-11-13-20(14-12-19)28(31)32)22(27-24(30)25-15)18-9-7-17(8-10-18)16-5-3-2-4-6-16/h2-14,22H,1H3,(H,26,29)(H2,25,27,30)/t22-/m1/s1. The summed E-state index contributed by atoms with van der Waals surface area (Å²) < 4.78 is 0. The topological polar surface area (TPSA) is 113 Å². The van der Waals surface area contributed by atoms with Crippen molar-refractivity contribution in [1.29, 1.82) is 0 Å². The Balaban J connectivity index is 1.60. The van der Waals surface area contributed by atoms with Crippen molar-refractivity contribution in [3.05, 3.63) is 106 Å². The second-order valence-electron chi connectivity index (χ2n) is 7.32. The molecule has 3 aromatic rings. The largest absolute Gasteiger partial charge is 0.327 e. The van der Waals surface area contributed by atoms with E-state index < -0.39 is 22.9 Å². The van der Waals surface area contributed by atoms with Gasteiger partial charge in [-0.15, -0.1) is 0 Å². The highest BCUT2D eigenvalue weighted by Gasteiger charge is 2.31. The van der Waals surface area contributed by atoms with Gasteiger partial charge in [-0.1, -0.05) is 54.6 Å². The van der Waals surface area contributed by atoms with E-state index in [1.807, 2.05) is 54.6 Å². The minimum absolute atomic E-state index is 0.0682. The van der Waals surface area contributed by atoms with E-state index in [0.717, 1.165) is 16.7 Å². The summed E-state index contributed by atoms with van der Waals surface area (Å²) in [4.78, 5) is 35.5. The van der Waals surface area contributed by atoms with Crippen molar-refractivity contribution in [3.63, 3.8) is 0 Å². The quantitative estimate of drug-likeness (QED) is 0.409. The number of non-ortho nitro benzene ring substituents is 1. The molecule has 0 unspecified atom stereocenters. The molecule has 32 heavy (non-hydrogen) atoms. The highest BCUT2D eigenvalue weighted by Crippen LogP contribution is 2.30. The Morgan fingerprint density at radius 3 is 2.19 bits per heavy atom. The van der Waals surface area contributed by atoms with Crippen LogP contribution in [0.4, 0.5) is 16.2 Å². The van der Waals surface area contributed by atoms with Crippen molar-refractivity contribution >= 4 is 23.3 Å². The zero-order valence-corrected chi connectivity index (χ0v) is 17.2. The van der Waals surface area contributed by atoms with Gasteiger partial charge >= 0.3 is 6.03 Å². The predicted octanol–water partition coefficient (Wildman–Crippen LogP) is 4.53. The van der Waals surface area contributed by atoms with Gasteiger partial charge in [-0.2, -0.15) is 0 Å². The van der Waals surface area contributed by atoms with Crippen molar-refractivity contribution in [1.82, 2.24) is 10.6 Å². The molecule has 8 nitrogen and oxygen atoms in total. The van der Waals surface area contributed by atoms with Crippen LogP contribution < -0.4 is 16.0 Å². The summed E-state index contributed by atoms with van der Waals surface area (Å²) in [6.45, 7) is 1.66. The molecule has 4 rings (SSSR count). The van der Waals surface area contributed by atoms with E-state index in [2.05, 4.69) is 16.0 Å². The number of nitro benzene ring substituents is 1. The first kappa shape index (κ1) is 20.8. The molecule has 0 bridgehead atoms. The summed E-state index contributed by atoms with van der Waals surface area (Å²) in [6, 6.07) is 22.1. The normalized spacial score (nSPS) is 15.5. The first-order valence-corrected chi connectivity index (χ1v) is 9.92. The van der Waals surface area contributed by atoms with Gasteiger partial charge in [-0.25, -0.2) is 4.79 Å². The van der Waals surface area contributed by atoms with Gasteiger partial charge in [0.2, 0.25) is 0 Å². The van der Waals surface area contributed by atoms with Crippen LogP contribution in [0, 0.1) is 10.1 Å². The van der Waals surface area contributed by atoms with Gasteiger partial charge in [-0.05, 0) is 35.7 Å². The molecule has 0 fully saturated rings. The van der Waals surface area contributed by atoms with Crippen molar-refractivity contribution < 1.29 is 14.5 Å². The number of amides is 3. The monoisotopic (exact) mass is 428 g/mol. The summed E-state index contributed by atoms with van der Waals surface area (Å²) in [5.74, 6) is -0.416. The fourth-order valence-electron chi connectivity index (χ4n) is 3.61. The first-order chi connectivity index (χ1) is 15.4.